The lowest BCUT2D eigenvalue weighted by molar-refractivity contribution is -0.135. The molecule has 34 heavy (non-hydrogen) atoms. The van der Waals surface area contributed by atoms with Gasteiger partial charge in [0.05, 0.1) is 23.1 Å². The van der Waals surface area contributed by atoms with Crippen LogP contribution in [0.25, 0.3) is 17.2 Å². The van der Waals surface area contributed by atoms with E-state index < -0.39 is 29.8 Å². The Morgan fingerprint density at radius 3 is 2.74 bits per heavy atom. The zero-order valence-electron chi connectivity index (χ0n) is 17.7. The number of rotatable bonds is 5. The van der Waals surface area contributed by atoms with Gasteiger partial charge in [0, 0.05) is 12.6 Å². The molecule has 4 aromatic heterocycles. The van der Waals surface area contributed by atoms with Crippen LogP contribution in [0.5, 0.6) is 5.88 Å². The largest absolute Gasteiger partial charge is 0.493 e. The second-order valence-electron chi connectivity index (χ2n) is 7.96. The number of carbonyl (C=O) groups excluding carboxylic acids is 1. The molecule has 0 spiro atoms. The number of halogens is 3. The van der Waals surface area contributed by atoms with Gasteiger partial charge >= 0.3 is 6.18 Å². The fourth-order valence-electron chi connectivity index (χ4n) is 3.99. The zero-order chi connectivity index (χ0) is 24.1. The number of pyridine rings is 1. The van der Waals surface area contributed by atoms with Crippen molar-refractivity contribution in [3.63, 3.8) is 0 Å². The van der Waals surface area contributed by atoms with Gasteiger partial charge in [0.25, 0.3) is 0 Å². The van der Waals surface area contributed by atoms with Crippen molar-refractivity contribution in [2.75, 3.05) is 5.32 Å². The van der Waals surface area contributed by atoms with Crippen LogP contribution >= 0.6 is 0 Å². The molecule has 1 aliphatic rings. The number of carbonyl (C=O) groups is 1. The Labute approximate surface area is 190 Å². The number of fused-ring (bicyclic) bond motifs is 2. The van der Waals surface area contributed by atoms with Crippen LogP contribution in [0.4, 0.5) is 19.0 Å². The minimum Gasteiger partial charge on any atom is -0.493 e. The summed E-state index contributed by atoms with van der Waals surface area (Å²) >= 11 is 0. The first-order valence-corrected chi connectivity index (χ1v) is 10.3. The van der Waals surface area contributed by atoms with Crippen LogP contribution in [0, 0.1) is 0 Å². The molecule has 13 heteroatoms. The van der Waals surface area contributed by atoms with Crippen molar-refractivity contribution < 1.29 is 23.1 Å². The fraction of sp³-hybridized carbons (Fsp3) is 0.286. The van der Waals surface area contributed by atoms with Gasteiger partial charge in [-0.1, -0.05) is 6.07 Å². The Kier molecular flexibility index (Phi) is 4.92. The minimum atomic E-state index is -4.28. The van der Waals surface area contributed by atoms with Gasteiger partial charge < -0.3 is 10.4 Å². The van der Waals surface area contributed by atoms with E-state index >= 15 is 0 Å². The summed E-state index contributed by atoms with van der Waals surface area (Å²) in [6, 6.07) is 5.09. The average molecular weight is 470 g/mol. The molecular formula is C21H17F3N8O2. The van der Waals surface area contributed by atoms with Crippen molar-refractivity contribution in [2.45, 2.75) is 37.8 Å². The Bertz CT molecular complexity index is 1410. The smallest absolute Gasteiger partial charge is 0.389 e. The molecule has 1 amide bonds. The monoisotopic (exact) mass is 470 g/mol. The Balaban J connectivity index is 1.56. The minimum absolute atomic E-state index is 0.000942. The van der Waals surface area contributed by atoms with Crippen LogP contribution in [-0.2, 0) is 16.6 Å². The molecule has 0 saturated heterocycles. The normalized spacial score (nSPS) is 17.7. The van der Waals surface area contributed by atoms with Crippen LogP contribution in [-0.4, -0.2) is 51.7 Å². The van der Waals surface area contributed by atoms with Gasteiger partial charge in [-0.05, 0) is 31.9 Å². The van der Waals surface area contributed by atoms with E-state index in [1.165, 1.54) is 23.2 Å². The first-order valence-electron chi connectivity index (χ1n) is 10.3. The molecule has 5 heterocycles. The van der Waals surface area contributed by atoms with Crippen LogP contribution in [0.15, 0.2) is 36.9 Å². The summed E-state index contributed by atoms with van der Waals surface area (Å²) < 4.78 is 39.2. The molecule has 5 rings (SSSR count). The Morgan fingerprint density at radius 2 is 2.00 bits per heavy atom. The molecule has 10 nitrogen and oxygen atoms in total. The lowest BCUT2D eigenvalue weighted by atomic mass is 9.81. The third-order valence-corrected chi connectivity index (χ3v) is 5.69. The van der Waals surface area contributed by atoms with Crippen molar-refractivity contribution in [1.82, 2.24) is 34.5 Å². The molecule has 0 radical (unpaired) electrons. The molecule has 0 saturated carbocycles. The quantitative estimate of drug-likeness (QED) is 0.455. The molecule has 174 valence electrons. The molecule has 1 unspecified atom stereocenters. The number of aryl methyl sites for hydroxylation is 1. The molecule has 0 fully saturated rings. The van der Waals surface area contributed by atoms with Gasteiger partial charge in [-0.2, -0.15) is 23.3 Å². The molecule has 0 aliphatic carbocycles. The highest BCUT2D eigenvalue weighted by Crippen LogP contribution is 2.45. The van der Waals surface area contributed by atoms with Crippen LogP contribution in [0.1, 0.15) is 36.7 Å². The van der Waals surface area contributed by atoms with Crippen LogP contribution in [0.2, 0.25) is 0 Å². The summed E-state index contributed by atoms with van der Waals surface area (Å²) in [5.74, 6) is -0.808. The van der Waals surface area contributed by atoms with E-state index in [-0.39, 0.29) is 41.4 Å². The van der Waals surface area contributed by atoms with Crippen molar-refractivity contribution in [2.24, 2.45) is 0 Å². The van der Waals surface area contributed by atoms with E-state index in [2.05, 4.69) is 35.3 Å². The number of hydrogen-bond donors (Lipinski definition) is 2. The number of alkyl halides is 3. The van der Waals surface area contributed by atoms with Crippen LogP contribution < -0.4 is 5.32 Å². The number of aromatic nitrogens is 7. The molecular weight excluding hydrogens is 453 g/mol. The van der Waals surface area contributed by atoms with E-state index in [1.807, 2.05) is 0 Å². The number of hydrogen-bond acceptors (Lipinski definition) is 8. The van der Waals surface area contributed by atoms with Gasteiger partial charge in [0.15, 0.2) is 11.5 Å². The summed E-state index contributed by atoms with van der Waals surface area (Å²) in [5, 5.41) is 17.5. The van der Waals surface area contributed by atoms with Gasteiger partial charge in [-0.15, -0.1) is 0 Å². The third-order valence-electron chi connectivity index (χ3n) is 5.69. The first-order chi connectivity index (χ1) is 16.2. The predicted molar refractivity (Wildman–Crippen MR) is 112 cm³/mol. The average Bonchev–Trinajstić information content (AvgIpc) is 3.36. The van der Waals surface area contributed by atoms with Crippen molar-refractivity contribution in [1.29, 1.82) is 0 Å². The second kappa shape index (κ2) is 7.71. The van der Waals surface area contributed by atoms with Crippen molar-refractivity contribution in [3.8, 4) is 17.4 Å². The van der Waals surface area contributed by atoms with E-state index in [0.717, 1.165) is 0 Å². The number of aromatic hydroxyl groups is 1. The van der Waals surface area contributed by atoms with E-state index in [9.17, 15) is 23.1 Å². The van der Waals surface area contributed by atoms with Crippen molar-refractivity contribution in [3.05, 3.63) is 53.9 Å². The van der Waals surface area contributed by atoms with E-state index in [4.69, 9.17) is 0 Å². The number of amides is 1. The highest BCUT2D eigenvalue weighted by molar-refractivity contribution is 6.08. The zero-order valence-corrected chi connectivity index (χ0v) is 17.7. The third kappa shape index (κ3) is 3.58. The molecule has 2 N–H and O–H groups in total. The summed E-state index contributed by atoms with van der Waals surface area (Å²) in [6.07, 6.45) is -1.19. The highest BCUT2D eigenvalue weighted by Gasteiger charge is 2.49. The Morgan fingerprint density at radius 1 is 1.18 bits per heavy atom. The van der Waals surface area contributed by atoms with Gasteiger partial charge in [0.1, 0.15) is 23.3 Å². The SMILES string of the molecule is CC1(c2ccccn2)C(=O)Nc2nc(-c3cn4ncnc4c(CCCC(F)(F)F)n3)nc(O)c21. The van der Waals surface area contributed by atoms with Crippen LogP contribution in [0.3, 0.4) is 0 Å². The molecule has 1 atom stereocenters. The van der Waals surface area contributed by atoms with E-state index in [0.29, 0.717) is 11.3 Å². The first kappa shape index (κ1) is 21.7. The number of anilines is 1. The summed E-state index contributed by atoms with van der Waals surface area (Å²) in [4.78, 5) is 34.1. The Hall–Kier alpha value is -4.16. The van der Waals surface area contributed by atoms with Gasteiger partial charge in [-0.3, -0.25) is 9.78 Å². The second-order valence-corrected chi connectivity index (χ2v) is 7.96. The topological polar surface area (TPSA) is 131 Å². The standard InChI is InChI=1S/C21H17F3N8O2/c1-20(13-6-2-3-8-25-13)14-16(31-19(20)34)29-15(30-18(14)33)12-9-32-17(26-10-27-32)11(28-12)5-4-7-21(22,23)24/h2-3,6,8-10H,4-5,7H2,1H3,(H2,29,30,31,33,34). The van der Waals surface area contributed by atoms with Gasteiger partial charge in [0.2, 0.25) is 11.8 Å². The van der Waals surface area contributed by atoms with E-state index in [1.54, 1.807) is 25.1 Å². The maximum Gasteiger partial charge on any atom is 0.389 e. The lowest BCUT2D eigenvalue weighted by Gasteiger charge is -2.21. The maximum absolute atomic E-state index is 12.9. The lowest BCUT2D eigenvalue weighted by Crippen LogP contribution is -2.33. The molecule has 1 aliphatic heterocycles. The molecule has 0 aromatic carbocycles. The summed E-state index contributed by atoms with van der Waals surface area (Å²) in [6.45, 7) is 1.61. The summed E-state index contributed by atoms with van der Waals surface area (Å²) in [7, 11) is 0. The number of nitrogens with zero attached hydrogens (tertiary/aromatic N) is 7. The molecule has 0 bridgehead atoms. The molecule has 4 aromatic rings. The maximum atomic E-state index is 12.9. The number of nitrogens with one attached hydrogen (secondary N) is 1. The van der Waals surface area contributed by atoms with Gasteiger partial charge in [-0.25, -0.2) is 19.5 Å². The predicted octanol–water partition coefficient (Wildman–Crippen LogP) is 2.83. The summed E-state index contributed by atoms with van der Waals surface area (Å²) in [5.41, 5.74) is 0.0150. The highest BCUT2D eigenvalue weighted by atomic mass is 19.4. The van der Waals surface area contributed by atoms with Crippen molar-refractivity contribution >= 4 is 17.4 Å². The fourth-order valence-corrected chi connectivity index (χ4v) is 3.99.